The maximum atomic E-state index is 12.8. The second kappa shape index (κ2) is 10.1. The Balaban J connectivity index is 1.39. The third-order valence-electron chi connectivity index (χ3n) is 6.03. The minimum absolute atomic E-state index is 0.275. The standard InChI is InChI=1S/C25H29N3O4/c1-32-15-5-14-28-24(30)21-11-8-19(16-22(21)25(28)31)23(29)26-20-9-6-18(7-10-20)17-27-12-3-2-4-13-27/h6-11,16H,2-5,12-15,17H2,1H3,(H,26,29). The Morgan fingerprint density at radius 1 is 0.969 bits per heavy atom. The molecule has 2 aliphatic rings. The summed E-state index contributed by atoms with van der Waals surface area (Å²) >= 11 is 0. The molecule has 2 aromatic rings. The molecule has 0 aromatic heterocycles. The van der Waals surface area contributed by atoms with Gasteiger partial charge in [-0.3, -0.25) is 24.2 Å². The van der Waals surface area contributed by atoms with E-state index in [0.717, 1.165) is 19.6 Å². The highest BCUT2D eigenvalue weighted by Gasteiger charge is 2.35. The van der Waals surface area contributed by atoms with Crippen LogP contribution in [-0.2, 0) is 11.3 Å². The Bertz CT molecular complexity index is 997. The van der Waals surface area contributed by atoms with Gasteiger partial charge in [-0.2, -0.15) is 0 Å². The predicted molar refractivity (Wildman–Crippen MR) is 122 cm³/mol. The number of likely N-dealkylation sites (tertiary alicyclic amines) is 1. The van der Waals surface area contributed by atoms with E-state index in [1.54, 1.807) is 19.2 Å². The summed E-state index contributed by atoms with van der Waals surface area (Å²) in [7, 11) is 1.58. The number of benzene rings is 2. The molecule has 7 nitrogen and oxygen atoms in total. The molecule has 2 aromatic carbocycles. The van der Waals surface area contributed by atoms with Crippen LogP contribution < -0.4 is 5.32 Å². The number of methoxy groups -OCH3 is 1. The van der Waals surface area contributed by atoms with Gasteiger partial charge in [-0.1, -0.05) is 18.6 Å². The summed E-state index contributed by atoms with van der Waals surface area (Å²) in [6.45, 7) is 3.98. The average Bonchev–Trinajstić information content (AvgIpc) is 3.05. The molecule has 1 N–H and O–H groups in total. The molecule has 2 aliphatic heterocycles. The van der Waals surface area contributed by atoms with E-state index in [-0.39, 0.29) is 23.3 Å². The van der Waals surface area contributed by atoms with Gasteiger partial charge in [0.2, 0.25) is 0 Å². The van der Waals surface area contributed by atoms with Crippen molar-refractivity contribution in [3.05, 3.63) is 64.7 Å². The van der Waals surface area contributed by atoms with Crippen LogP contribution in [0.15, 0.2) is 42.5 Å². The van der Waals surface area contributed by atoms with Crippen molar-refractivity contribution in [2.75, 3.05) is 38.7 Å². The first-order chi connectivity index (χ1) is 15.6. The van der Waals surface area contributed by atoms with Gasteiger partial charge in [0.25, 0.3) is 17.7 Å². The van der Waals surface area contributed by atoms with Crippen molar-refractivity contribution >= 4 is 23.4 Å². The van der Waals surface area contributed by atoms with E-state index in [1.807, 2.05) is 24.3 Å². The lowest BCUT2D eigenvalue weighted by atomic mass is 10.1. The number of imide groups is 1. The van der Waals surface area contributed by atoms with Gasteiger partial charge in [0, 0.05) is 38.1 Å². The number of rotatable bonds is 8. The molecule has 0 aliphatic carbocycles. The van der Waals surface area contributed by atoms with Crippen molar-refractivity contribution in [1.82, 2.24) is 9.80 Å². The summed E-state index contributed by atoms with van der Waals surface area (Å²) in [5.41, 5.74) is 2.88. The summed E-state index contributed by atoms with van der Waals surface area (Å²) in [6.07, 6.45) is 4.40. The number of hydrogen-bond donors (Lipinski definition) is 1. The number of piperidine rings is 1. The van der Waals surface area contributed by atoms with Crippen LogP contribution in [0.2, 0.25) is 0 Å². The van der Waals surface area contributed by atoms with Crippen molar-refractivity contribution in [2.24, 2.45) is 0 Å². The van der Waals surface area contributed by atoms with Crippen molar-refractivity contribution in [1.29, 1.82) is 0 Å². The zero-order chi connectivity index (χ0) is 22.5. The van der Waals surface area contributed by atoms with E-state index in [9.17, 15) is 14.4 Å². The quantitative estimate of drug-likeness (QED) is 0.507. The molecule has 7 heteroatoms. The molecule has 1 fully saturated rings. The first-order valence-corrected chi connectivity index (χ1v) is 11.2. The number of carbonyl (C=O) groups excluding carboxylic acids is 3. The Morgan fingerprint density at radius 2 is 1.69 bits per heavy atom. The zero-order valence-corrected chi connectivity index (χ0v) is 18.4. The normalized spacial score (nSPS) is 16.3. The topological polar surface area (TPSA) is 79.0 Å². The van der Waals surface area contributed by atoms with E-state index in [2.05, 4.69) is 10.2 Å². The van der Waals surface area contributed by atoms with Crippen molar-refractivity contribution in [3.8, 4) is 0 Å². The number of amides is 3. The Morgan fingerprint density at radius 3 is 2.41 bits per heavy atom. The second-order valence-electron chi connectivity index (χ2n) is 8.36. The van der Waals surface area contributed by atoms with Crippen molar-refractivity contribution in [3.63, 3.8) is 0 Å². The molecule has 0 atom stereocenters. The van der Waals surface area contributed by atoms with Gasteiger partial charge in [0.1, 0.15) is 0 Å². The third kappa shape index (κ3) is 4.89. The smallest absolute Gasteiger partial charge is 0.261 e. The molecule has 168 valence electrons. The second-order valence-corrected chi connectivity index (χ2v) is 8.36. The molecule has 2 heterocycles. The van der Waals surface area contributed by atoms with Crippen LogP contribution in [0.3, 0.4) is 0 Å². The van der Waals surface area contributed by atoms with Crippen LogP contribution in [0, 0.1) is 0 Å². The molecule has 4 rings (SSSR count). The number of fused-ring (bicyclic) bond motifs is 1. The minimum Gasteiger partial charge on any atom is -0.385 e. The van der Waals surface area contributed by atoms with E-state index < -0.39 is 0 Å². The molecule has 0 saturated carbocycles. The highest BCUT2D eigenvalue weighted by molar-refractivity contribution is 6.22. The van der Waals surface area contributed by atoms with Crippen molar-refractivity contribution in [2.45, 2.75) is 32.2 Å². The fraction of sp³-hybridized carbons (Fsp3) is 0.400. The van der Waals surface area contributed by atoms with Gasteiger partial charge in [-0.05, 0) is 68.2 Å². The van der Waals surface area contributed by atoms with Crippen LogP contribution in [-0.4, -0.2) is 60.9 Å². The fourth-order valence-electron chi connectivity index (χ4n) is 4.27. The summed E-state index contributed by atoms with van der Waals surface area (Å²) in [6, 6.07) is 12.5. The van der Waals surface area contributed by atoms with Crippen LogP contribution >= 0.6 is 0 Å². The summed E-state index contributed by atoms with van der Waals surface area (Å²) in [4.78, 5) is 41.6. The number of hydrogen-bond acceptors (Lipinski definition) is 5. The maximum absolute atomic E-state index is 12.8. The first-order valence-electron chi connectivity index (χ1n) is 11.2. The highest BCUT2D eigenvalue weighted by atomic mass is 16.5. The van der Waals surface area contributed by atoms with Gasteiger partial charge >= 0.3 is 0 Å². The van der Waals surface area contributed by atoms with E-state index in [4.69, 9.17) is 4.74 Å². The average molecular weight is 436 g/mol. The zero-order valence-electron chi connectivity index (χ0n) is 18.4. The summed E-state index contributed by atoms with van der Waals surface area (Å²) in [5.74, 6) is -0.996. The Hall–Kier alpha value is -3.03. The lowest BCUT2D eigenvalue weighted by molar-refractivity contribution is 0.0638. The Labute approximate surface area is 188 Å². The minimum atomic E-state index is -0.363. The number of carbonyl (C=O) groups is 3. The van der Waals surface area contributed by atoms with Crippen LogP contribution in [0.25, 0.3) is 0 Å². The molecule has 0 radical (unpaired) electrons. The lowest BCUT2D eigenvalue weighted by Gasteiger charge is -2.26. The monoisotopic (exact) mass is 435 g/mol. The number of ether oxygens (including phenoxy) is 1. The fourth-order valence-corrected chi connectivity index (χ4v) is 4.27. The molecule has 3 amide bonds. The molecule has 32 heavy (non-hydrogen) atoms. The van der Waals surface area contributed by atoms with Crippen molar-refractivity contribution < 1.29 is 19.1 Å². The molecule has 0 unspecified atom stereocenters. The van der Waals surface area contributed by atoms with Gasteiger partial charge < -0.3 is 10.1 Å². The maximum Gasteiger partial charge on any atom is 0.261 e. The van der Waals surface area contributed by atoms with E-state index >= 15 is 0 Å². The van der Waals surface area contributed by atoms with Gasteiger partial charge in [0.05, 0.1) is 11.1 Å². The Kier molecular flexibility index (Phi) is 6.97. The number of anilines is 1. The van der Waals surface area contributed by atoms with Crippen LogP contribution in [0.4, 0.5) is 5.69 Å². The summed E-state index contributed by atoms with van der Waals surface area (Å²) < 4.78 is 5.00. The molecule has 0 bridgehead atoms. The first kappa shape index (κ1) is 22.2. The van der Waals surface area contributed by atoms with E-state index in [1.165, 1.54) is 35.8 Å². The SMILES string of the molecule is COCCCN1C(=O)c2ccc(C(=O)Nc3ccc(CN4CCCCC4)cc3)cc2C1=O. The summed E-state index contributed by atoms with van der Waals surface area (Å²) in [5, 5.41) is 2.88. The molecular weight excluding hydrogens is 406 g/mol. The van der Waals surface area contributed by atoms with Gasteiger partial charge in [-0.15, -0.1) is 0 Å². The largest absolute Gasteiger partial charge is 0.385 e. The van der Waals surface area contributed by atoms with E-state index in [0.29, 0.717) is 36.4 Å². The number of nitrogens with zero attached hydrogens (tertiary/aromatic N) is 2. The highest BCUT2D eigenvalue weighted by Crippen LogP contribution is 2.25. The predicted octanol–water partition coefficient (Wildman–Crippen LogP) is 3.56. The van der Waals surface area contributed by atoms with Gasteiger partial charge in [-0.25, -0.2) is 0 Å². The number of nitrogens with one attached hydrogen (secondary N) is 1. The van der Waals surface area contributed by atoms with Crippen LogP contribution in [0.5, 0.6) is 0 Å². The molecule has 1 saturated heterocycles. The molecular formula is C25H29N3O4. The van der Waals surface area contributed by atoms with Gasteiger partial charge in [0.15, 0.2) is 0 Å². The molecule has 0 spiro atoms. The van der Waals surface area contributed by atoms with Crippen LogP contribution in [0.1, 0.15) is 62.3 Å². The third-order valence-corrected chi connectivity index (χ3v) is 6.03. The lowest BCUT2D eigenvalue weighted by Crippen LogP contribution is -2.31.